The first-order valence-electron chi connectivity index (χ1n) is 7.13. The fourth-order valence-electron chi connectivity index (χ4n) is 2.35. The lowest BCUT2D eigenvalue weighted by molar-refractivity contribution is 0.394. The highest BCUT2D eigenvalue weighted by atomic mass is 35.5. The first kappa shape index (κ1) is 16.2. The summed E-state index contributed by atoms with van der Waals surface area (Å²) in [6, 6.07) is 7.58. The molecule has 0 aliphatic rings. The molecule has 0 aliphatic heterocycles. The number of rotatable bonds is 4. The van der Waals surface area contributed by atoms with Crippen LogP contribution in [0.5, 0.6) is 0 Å². The summed E-state index contributed by atoms with van der Waals surface area (Å²) in [5.74, 6) is 1.07. The third-order valence-electron chi connectivity index (χ3n) is 3.52. The number of pyridine rings is 1. The van der Waals surface area contributed by atoms with Crippen molar-refractivity contribution in [2.75, 3.05) is 0 Å². The average Bonchev–Trinajstić information content (AvgIpc) is 2.93. The van der Waals surface area contributed by atoms with Crippen LogP contribution in [0.2, 0.25) is 0 Å². The number of nitrogens with zero attached hydrogens (tertiary/aromatic N) is 3. The van der Waals surface area contributed by atoms with Crippen LogP contribution in [0.25, 0.3) is 22.2 Å². The van der Waals surface area contributed by atoms with Crippen molar-refractivity contribution in [2.45, 2.75) is 33.2 Å². The minimum atomic E-state index is 0. The van der Waals surface area contributed by atoms with E-state index < -0.39 is 0 Å². The standard InChI is InChI=1S/C16H17N3O2.ClH/c1-3-4-8-19-9-7-12-10-13(5-6-14(12)16(19)20)15-17-11(2)21-18-15;/h5-7,9-10H,3-4,8H2,1-2H3;1H. The van der Waals surface area contributed by atoms with Gasteiger partial charge in [-0.3, -0.25) is 4.79 Å². The van der Waals surface area contributed by atoms with E-state index in [1.54, 1.807) is 11.5 Å². The molecule has 0 spiro atoms. The van der Waals surface area contributed by atoms with Gasteiger partial charge in [-0.2, -0.15) is 4.98 Å². The molecule has 0 saturated carbocycles. The maximum Gasteiger partial charge on any atom is 0.258 e. The van der Waals surface area contributed by atoms with Crippen LogP contribution >= 0.6 is 12.4 Å². The Morgan fingerprint density at radius 1 is 1.27 bits per heavy atom. The number of aryl methyl sites for hydroxylation is 2. The van der Waals surface area contributed by atoms with Gasteiger partial charge in [-0.15, -0.1) is 12.4 Å². The molecule has 0 radical (unpaired) electrons. The molecule has 3 rings (SSSR count). The number of fused-ring (bicyclic) bond motifs is 1. The van der Waals surface area contributed by atoms with Crippen molar-refractivity contribution in [1.29, 1.82) is 0 Å². The van der Waals surface area contributed by atoms with Gasteiger partial charge in [-0.25, -0.2) is 0 Å². The zero-order chi connectivity index (χ0) is 14.8. The molecule has 22 heavy (non-hydrogen) atoms. The molecule has 0 amide bonds. The van der Waals surface area contributed by atoms with Crippen LogP contribution in [0.4, 0.5) is 0 Å². The topological polar surface area (TPSA) is 60.9 Å². The summed E-state index contributed by atoms with van der Waals surface area (Å²) < 4.78 is 6.76. The van der Waals surface area contributed by atoms with Crippen molar-refractivity contribution in [3.8, 4) is 11.4 Å². The molecular formula is C16H18ClN3O2. The maximum atomic E-state index is 12.4. The monoisotopic (exact) mass is 319 g/mol. The first-order valence-corrected chi connectivity index (χ1v) is 7.13. The van der Waals surface area contributed by atoms with Gasteiger partial charge < -0.3 is 9.09 Å². The third-order valence-corrected chi connectivity index (χ3v) is 3.52. The Balaban J connectivity index is 0.00000176. The fraction of sp³-hybridized carbons (Fsp3) is 0.312. The molecule has 0 unspecified atom stereocenters. The Morgan fingerprint density at radius 2 is 2.09 bits per heavy atom. The van der Waals surface area contributed by atoms with Gasteiger partial charge in [0.1, 0.15) is 0 Å². The molecule has 0 fully saturated rings. The largest absolute Gasteiger partial charge is 0.339 e. The van der Waals surface area contributed by atoms with Crippen LogP contribution in [0.3, 0.4) is 0 Å². The van der Waals surface area contributed by atoms with Gasteiger partial charge in [0.15, 0.2) is 0 Å². The van der Waals surface area contributed by atoms with Crippen molar-refractivity contribution < 1.29 is 4.52 Å². The lowest BCUT2D eigenvalue weighted by Gasteiger charge is -2.06. The number of hydrogen-bond donors (Lipinski definition) is 0. The lowest BCUT2D eigenvalue weighted by atomic mass is 10.1. The van der Waals surface area contributed by atoms with Crippen LogP contribution in [0.15, 0.2) is 39.8 Å². The van der Waals surface area contributed by atoms with Crippen LogP contribution in [-0.2, 0) is 6.54 Å². The smallest absolute Gasteiger partial charge is 0.258 e. The number of benzene rings is 1. The van der Waals surface area contributed by atoms with E-state index in [-0.39, 0.29) is 18.0 Å². The summed E-state index contributed by atoms with van der Waals surface area (Å²) in [4.78, 5) is 16.6. The summed E-state index contributed by atoms with van der Waals surface area (Å²) in [5.41, 5.74) is 0.904. The molecule has 0 saturated heterocycles. The SMILES string of the molecule is CCCCn1ccc2cc(-c3noc(C)n3)ccc2c1=O.Cl. The van der Waals surface area contributed by atoms with Gasteiger partial charge in [0.25, 0.3) is 5.56 Å². The van der Waals surface area contributed by atoms with E-state index in [4.69, 9.17) is 4.52 Å². The molecule has 0 aliphatic carbocycles. The minimum absolute atomic E-state index is 0. The molecule has 1 aromatic carbocycles. The Labute approximate surface area is 134 Å². The van der Waals surface area contributed by atoms with Gasteiger partial charge in [0.05, 0.1) is 0 Å². The van der Waals surface area contributed by atoms with E-state index >= 15 is 0 Å². The summed E-state index contributed by atoms with van der Waals surface area (Å²) in [6.45, 7) is 4.63. The molecule has 2 aromatic heterocycles. The second-order valence-corrected chi connectivity index (χ2v) is 5.11. The van der Waals surface area contributed by atoms with Crippen LogP contribution < -0.4 is 5.56 Å². The van der Waals surface area contributed by atoms with E-state index in [1.807, 2.05) is 30.5 Å². The van der Waals surface area contributed by atoms with Gasteiger partial charge >= 0.3 is 0 Å². The van der Waals surface area contributed by atoms with Crippen LogP contribution in [0.1, 0.15) is 25.7 Å². The van der Waals surface area contributed by atoms with Crippen molar-refractivity contribution in [3.63, 3.8) is 0 Å². The van der Waals surface area contributed by atoms with Crippen molar-refractivity contribution in [1.82, 2.24) is 14.7 Å². The zero-order valence-electron chi connectivity index (χ0n) is 12.6. The van der Waals surface area contributed by atoms with Crippen molar-refractivity contribution in [3.05, 3.63) is 46.7 Å². The number of halogens is 1. The number of aromatic nitrogens is 3. The lowest BCUT2D eigenvalue weighted by Crippen LogP contribution is -2.19. The van der Waals surface area contributed by atoms with Gasteiger partial charge in [-0.1, -0.05) is 24.6 Å². The van der Waals surface area contributed by atoms with E-state index in [2.05, 4.69) is 17.1 Å². The first-order chi connectivity index (χ1) is 10.2. The predicted molar refractivity (Wildman–Crippen MR) is 88.4 cm³/mol. The molecule has 2 heterocycles. The molecule has 0 bridgehead atoms. The van der Waals surface area contributed by atoms with Crippen LogP contribution in [-0.4, -0.2) is 14.7 Å². The second-order valence-electron chi connectivity index (χ2n) is 5.11. The highest BCUT2D eigenvalue weighted by Gasteiger charge is 2.08. The highest BCUT2D eigenvalue weighted by Crippen LogP contribution is 2.20. The van der Waals surface area contributed by atoms with Gasteiger partial charge in [0.2, 0.25) is 11.7 Å². The van der Waals surface area contributed by atoms with E-state index in [9.17, 15) is 4.79 Å². The van der Waals surface area contributed by atoms with E-state index in [1.165, 1.54) is 0 Å². The maximum absolute atomic E-state index is 12.4. The van der Waals surface area contributed by atoms with Gasteiger partial charge in [-0.05, 0) is 30.0 Å². The summed E-state index contributed by atoms with van der Waals surface area (Å²) in [6.07, 6.45) is 3.93. The Bertz CT molecular complexity index is 839. The molecule has 0 N–H and O–H groups in total. The number of unbranched alkanes of at least 4 members (excludes halogenated alkanes) is 1. The molecule has 0 atom stereocenters. The third kappa shape index (κ3) is 3.04. The Kier molecular flexibility index (Phi) is 4.98. The second kappa shape index (κ2) is 6.75. The number of hydrogen-bond acceptors (Lipinski definition) is 4. The zero-order valence-corrected chi connectivity index (χ0v) is 13.4. The minimum Gasteiger partial charge on any atom is -0.339 e. The molecule has 116 valence electrons. The van der Waals surface area contributed by atoms with Crippen molar-refractivity contribution in [2.24, 2.45) is 0 Å². The molecular weight excluding hydrogens is 302 g/mol. The van der Waals surface area contributed by atoms with E-state index in [0.717, 1.165) is 35.7 Å². The highest BCUT2D eigenvalue weighted by molar-refractivity contribution is 5.86. The molecule has 5 nitrogen and oxygen atoms in total. The van der Waals surface area contributed by atoms with Gasteiger partial charge in [0, 0.05) is 30.6 Å². The molecule has 6 heteroatoms. The fourth-order valence-corrected chi connectivity index (χ4v) is 2.35. The summed E-state index contributed by atoms with van der Waals surface area (Å²) in [7, 11) is 0. The quantitative estimate of drug-likeness (QED) is 0.737. The van der Waals surface area contributed by atoms with E-state index in [0.29, 0.717) is 11.7 Å². The summed E-state index contributed by atoms with van der Waals surface area (Å²) in [5, 5.41) is 5.52. The molecule has 3 aromatic rings. The summed E-state index contributed by atoms with van der Waals surface area (Å²) >= 11 is 0. The Morgan fingerprint density at radius 3 is 2.77 bits per heavy atom. The van der Waals surface area contributed by atoms with Crippen LogP contribution in [0, 0.1) is 6.92 Å². The Hall–Kier alpha value is -2.14. The normalized spacial score (nSPS) is 10.6. The van der Waals surface area contributed by atoms with Crippen molar-refractivity contribution >= 4 is 23.2 Å². The predicted octanol–water partition coefficient (Wildman–Crippen LogP) is 3.58. The average molecular weight is 320 g/mol.